The summed E-state index contributed by atoms with van der Waals surface area (Å²) in [7, 11) is 5.63. The van der Waals surface area contributed by atoms with Crippen molar-refractivity contribution in [2.75, 3.05) is 44.5 Å². The minimum atomic E-state index is -0.0714. The monoisotopic (exact) mass is 469 g/mol. The number of rotatable bonds is 5. The zero-order valence-corrected chi connectivity index (χ0v) is 20.4. The molecule has 1 aliphatic heterocycles. The van der Waals surface area contributed by atoms with Crippen molar-refractivity contribution >= 4 is 22.9 Å². The summed E-state index contributed by atoms with van der Waals surface area (Å²) >= 11 is 0. The normalized spacial score (nSPS) is 15.7. The number of nitrogens with one attached hydrogen (secondary N) is 1. The highest BCUT2D eigenvalue weighted by atomic mass is 16.5. The molecule has 1 fully saturated rings. The summed E-state index contributed by atoms with van der Waals surface area (Å²) in [5.41, 5.74) is 4.80. The van der Waals surface area contributed by atoms with Crippen LogP contribution in [0.5, 0.6) is 5.75 Å². The first-order valence-electron chi connectivity index (χ1n) is 12.0. The van der Waals surface area contributed by atoms with Crippen LogP contribution in [0, 0.1) is 0 Å². The first-order valence-corrected chi connectivity index (χ1v) is 12.0. The Kier molecular flexibility index (Phi) is 6.31. The van der Waals surface area contributed by atoms with E-state index < -0.39 is 0 Å². The zero-order valence-electron chi connectivity index (χ0n) is 20.4. The van der Waals surface area contributed by atoms with Gasteiger partial charge in [-0.3, -0.25) is 0 Å². The van der Waals surface area contributed by atoms with E-state index in [0.29, 0.717) is 6.54 Å². The standard InChI is InChI=1S/C28H31N5O2/c1-31(2)24-14-5-4-13-23(24)29-28(34)32-16-9-11-21(19-32)27-30-26(25-15-6-7-17-33(25)27)20-10-8-12-22(18-20)35-3/h4-8,10,12-15,17-18,21H,9,11,16,19H2,1-3H3,(H,29,34)/t21-/m1/s1. The minimum Gasteiger partial charge on any atom is -0.497 e. The first kappa shape index (κ1) is 22.8. The van der Waals surface area contributed by atoms with Crippen molar-refractivity contribution in [1.82, 2.24) is 14.3 Å². The number of para-hydroxylation sites is 2. The van der Waals surface area contributed by atoms with Gasteiger partial charge in [-0.15, -0.1) is 0 Å². The van der Waals surface area contributed by atoms with Crippen LogP contribution in [0.25, 0.3) is 16.8 Å². The van der Waals surface area contributed by atoms with Gasteiger partial charge < -0.3 is 24.3 Å². The Morgan fingerprint density at radius 1 is 1.09 bits per heavy atom. The number of benzene rings is 2. The number of imidazole rings is 1. The van der Waals surface area contributed by atoms with E-state index in [2.05, 4.69) is 28.0 Å². The molecule has 1 atom stereocenters. The van der Waals surface area contributed by atoms with Crippen molar-refractivity contribution in [3.05, 3.63) is 78.8 Å². The van der Waals surface area contributed by atoms with Gasteiger partial charge in [0.05, 0.1) is 29.7 Å². The molecule has 0 bridgehead atoms. The van der Waals surface area contributed by atoms with Crippen molar-refractivity contribution in [2.45, 2.75) is 18.8 Å². The number of carbonyl (C=O) groups is 1. The van der Waals surface area contributed by atoms with E-state index in [1.54, 1.807) is 7.11 Å². The van der Waals surface area contributed by atoms with Crippen LogP contribution in [0.4, 0.5) is 16.2 Å². The number of fused-ring (bicyclic) bond motifs is 1. The van der Waals surface area contributed by atoms with E-state index in [4.69, 9.17) is 9.72 Å². The van der Waals surface area contributed by atoms with Crippen molar-refractivity contribution in [2.24, 2.45) is 0 Å². The molecule has 2 aromatic heterocycles. The van der Waals surface area contributed by atoms with Gasteiger partial charge in [0.25, 0.3) is 0 Å². The molecule has 7 heteroatoms. The molecule has 2 aromatic carbocycles. The Morgan fingerprint density at radius 3 is 2.74 bits per heavy atom. The molecule has 0 unspecified atom stereocenters. The lowest BCUT2D eigenvalue weighted by molar-refractivity contribution is 0.191. The Hall–Kier alpha value is -4.00. The summed E-state index contributed by atoms with van der Waals surface area (Å²) in [6.07, 6.45) is 3.99. The molecule has 4 aromatic rings. The van der Waals surface area contributed by atoms with Gasteiger partial charge in [-0.1, -0.05) is 30.3 Å². The van der Waals surface area contributed by atoms with Crippen LogP contribution in [0.2, 0.25) is 0 Å². The maximum atomic E-state index is 13.2. The van der Waals surface area contributed by atoms with E-state index in [0.717, 1.165) is 59.1 Å². The van der Waals surface area contributed by atoms with Crippen LogP contribution in [0.3, 0.4) is 0 Å². The number of pyridine rings is 1. The molecule has 0 radical (unpaired) electrons. The van der Waals surface area contributed by atoms with E-state index >= 15 is 0 Å². The second-order valence-corrected chi connectivity index (χ2v) is 9.13. The second kappa shape index (κ2) is 9.70. The molecule has 0 spiro atoms. The first-order chi connectivity index (χ1) is 17.0. The van der Waals surface area contributed by atoms with Crippen molar-refractivity contribution in [3.63, 3.8) is 0 Å². The van der Waals surface area contributed by atoms with Crippen molar-refractivity contribution < 1.29 is 9.53 Å². The molecular formula is C28H31N5O2. The lowest BCUT2D eigenvalue weighted by atomic mass is 9.97. The third-order valence-corrected chi connectivity index (χ3v) is 6.62. The van der Waals surface area contributed by atoms with Crippen LogP contribution < -0.4 is 15.0 Å². The molecule has 7 nitrogen and oxygen atoms in total. The number of ether oxygens (including phenoxy) is 1. The topological polar surface area (TPSA) is 62.1 Å². The van der Waals surface area contributed by atoms with Crippen LogP contribution in [-0.4, -0.2) is 54.6 Å². The van der Waals surface area contributed by atoms with Gasteiger partial charge in [0.15, 0.2) is 0 Å². The number of urea groups is 1. The van der Waals surface area contributed by atoms with Crippen LogP contribution >= 0.6 is 0 Å². The number of hydrogen-bond donors (Lipinski definition) is 1. The third kappa shape index (κ3) is 4.54. The molecule has 1 aliphatic rings. The SMILES string of the molecule is COc1cccc(-c2nc([C@@H]3CCCN(C(=O)Nc4ccccc4N(C)C)C3)n3ccccc23)c1. The number of methoxy groups -OCH3 is 1. The molecule has 5 rings (SSSR count). The third-order valence-electron chi connectivity index (χ3n) is 6.62. The Balaban J connectivity index is 1.42. The highest BCUT2D eigenvalue weighted by molar-refractivity contribution is 5.93. The van der Waals surface area contributed by atoms with Crippen molar-refractivity contribution in [1.29, 1.82) is 0 Å². The van der Waals surface area contributed by atoms with Crippen molar-refractivity contribution in [3.8, 4) is 17.0 Å². The Bertz CT molecular complexity index is 1350. The molecule has 3 heterocycles. The number of carbonyl (C=O) groups excluding carboxylic acids is 1. The number of aromatic nitrogens is 2. The number of piperidine rings is 1. The maximum Gasteiger partial charge on any atom is 0.321 e. The Morgan fingerprint density at radius 2 is 1.91 bits per heavy atom. The van der Waals surface area contributed by atoms with Gasteiger partial charge in [-0.05, 0) is 49.2 Å². The largest absolute Gasteiger partial charge is 0.497 e. The molecule has 180 valence electrons. The lowest BCUT2D eigenvalue weighted by Crippen LogP contribution is -2.42. The summed E-state index contributed by atoms with van der Waals surface area (Å²) in [5.74, 6) is 1.94. The molecule has 0 saturated carbocycles. The minimum absolute atomic E-state index is 0.0714. The average molecular weight is 470 g/mol. The predicted molar refractivity (Wildman–Crippen MR) is 141 cm³/mol. The van der Waals surface area contributed by atoms with Crippen LogP contribution in [0.15, 0.2) is 72.9 Å². The fraction of sp³-hybridized carbons (Fsp3) is 0.286. The van der Waals surface area contributed by atoms with Gasteiger partial charge in [0, 0.05) is 44.9 Å². The summed E-state index contributed by atoms with van der Waals surface area (Å²) in [6.45, 7) is 1.36. The fourth-order valence-electron chi connectivity index (χ4n) is 4.87. The van der Waals surface area contributed by atoms with E-state index in [9.17, 15) is 4.79 Å². The van der Waals surface area contributed by atoms with E-state index in [1.165, 1.54) is 0 Å². The van der Waals surface area contributed by atoms with Crippen LogP contribution in [0.1, 0.15) is 24.6 Å². The van der Waals surface area contributed by atoms with Gasteiger partial charge in [-0.25, -0.2) is 9.78 Å². The maximum absolute atomic E-state index is 13.2. The summed E-state index contributed by atoms with van der Waals surface area (Å²) < 4.78 is 7.60. The average Bonchev–Trinajstić information content (AvgIpc) is 3.29. The Labute approximate surface area is 206 Å². The molecular weight excluding hydrogens is 438 g/mol. The lowest BCUT2D eigenvalue weighted by Gasteiger charge is -2.32. The highest BCUT2D eigenvalue weighted by Crippen LogP contribution is 2.33. The predicted octanol–water partition coefficient (Wildman–Crippen LogP) is 5.49. The summed E-state index contributed by atoms with van der Waals surface area (Å²) in [5, 5.41) is 3.12. The highest BCUT2D eigenvalue weighted by Gasteiger charge is 2.29. The van der Waals surface area contributed by atoms with Crippen LogP contribution in [-0.2, 0) is 0 Å². The quantitative estimate of drug-likeness (QED) is 0.420. The number of likely N-dealkylation sites (tertiary alicyclic amines) is 1. The molecule has 35 heavy (non-hydrogen) atoms. The summed E-state index contributed by atoms with van der Waals surface area (Å²) in [4.78, 5) is 22.3. The summed E-state index contributed by atoms with van der Waals surface area (Å²) in [6, 6.07) is 22.0. The molecule has 0 aliphatic carbocycles. The number of nitrogens with zero attached hydrogens (tertiary/aromatic N) is 4. The zero-order chi connectivity index (χ0) is 24.4. The second-order valence-electron chi connectivity index (χ2n) is 9.13. The number of hydrogen-bond acceptors (Lipinski definition) is 4. The number of anilines is 2. The van der Waals surface area contributed by atoms with E-state index in [-0.39, 0.29) is 11.9 Å². The van der Waals surface area contributed by atoms with E-state index in [1.807, 2.05) is 78.5 Å². The van der Waals surface area contributed by atoms with Gasteiger partial charge >= 0.3 is 6.03 Å². The van der Waals surface area contributed by atoms with Gasteiger partial charge in [0.1, 0.15) is 11.6 Å². The molecule has 1 N–H and O–H groups in total. The molecule has 2 amide bonds. The van der Waals surface area contributed by atoms with Gasteiger partial charge in [-0.2, -0.15) is 0 Å². The number of amides is 2. The fourth-order valence-corrected chi connectivity index (χ4v) is 4.87. The molecule has 1 saturated heterocycles. The van der Waals surface area contributed by atoms with Gasteiger partial charge in [0.2, 0.25) is 0 Å². The smallest absolute Gasteiger partial charge is 0.321 e.